The highest BCUT2D eigenvalue weighted by atomic mass is 35.5. The zero-order chi connectivity index (χ0) is 13.2. The van der Waals surface area contributed by atoms with E-state index in [0.29, 0.717) is 23.0 Å². The first-order valence-electron chi connectivity index (χ1n) is 5.36. The molecule has 6 N–H and O–H groups in total. The van der Waals surface area contributed by atoms with Crippen LogP contribution in [0, 0.1) is 0 Å². The van der Waals surface area contributed by atoms with Gasteiger partial charge < -0.3 is 16.5 Å². The van der Waals surface area contributed by atoms with Crippen molar-refractivity contribution in [1.29, 1.82) is 0 Å². The molecule has 3 aromatic rings. The quantitative estimate of drug-likeness (QED) is 0.317. The van der Waals surface area contributed by atoms with Gasteiger partial charge in [0.05, 0.1) is 11.4 Å². The van der Waals surface area contributed by atoms with Crippen molar-refractivity contribution < 1.29 is 4.63 Å². The molecule has 9 nitrogen and oxygen atoms in total. The third-order valence-corrected chi connectivity index (χ3v) is 2.46. The van der Waals surface area contributed by atoms with Gasteiger partial charge in [-0.15, -0.1) is 12.4 Å². The predicted octanol–water partition coefficient (Wildman–Crippen LogP) is 1.05. The maximum absolute atomic E-state index is 5.84. The molecule has 0 aliphatic rings. The van der Waals surface area contributed by atoms with Crippen molar-refractivity contribution in [2.75, 3.05) is 16.5 Å². The molecule has 1 aromatic carbocycles. The average Bonchev–Trinajstić information content (AvgIpc) is 2.87. The molecular weight excluding hydrogens is 284 g/mol. The molecular formula is C10H11ClN8O. The molecule has 3 rings (SSSR count). The Kier molecular flexibility index (Phi) is 3.82. The van der Waals surface area contributed by atoms with Crippen LogP contribution in [0.2, 0.25) is 0 Å². The first kappa shape index (κ1) is 13.8. The van der Waals surface area contributed by atoms with Gasteiger partial charge in [0.15, 0.2) is 11.6 Å². The highest BCUT2D eigenvalue weighted by Gasteiger charge is 2.12. The number of hydrazine groups is 1. The molecule has 0 saturated carbocycles. The van der Waals surface area contributed by atoms with Crippen molar-refractivity contribution in [2.24, 2.45) is 5.84 Å². The fraction of sp³-hybridized carbons (Fsp3) is 0. The van der Waals surface area contributed by atoms with E-state index in [1.165, 1.54) is 0 Å². The van der Waals surface area contributed by atoms with Crippen LogP contribution in [0.25, 0.3) is 11.3 Å². The Morgan fingerprint density at radius 1 is 1.00 bits per heavy atom. The summed E-state index contributed by atoms with van der Waals surface area (Å²) in [6, 6.07) is 7.25. The molecule has 0 fully saturated rings. The van der Waals surface area contributed by atoms with E-state index in [1.807, 2.05) is 18.2 Å². The Balaban J connectivity index is 0.00000147. The maximum atomic E-state index is 5.84. The van der Waals surface area contributed by atoms with E-state index in [4.69, 9.17) is 11.6 Å². The second-order valence-electron chi connectivity index (χ2n) is 3.69. The van der Waals surface area contributed by atoms with E-state index in [9.17, 15) is 0 Å². The minimum atomic E-state index is 0. The predicted molar refractivity (Wildman–Crippen MR) is 76.6 cm³/mol. The van der Waals surface area contributed by atoms with E-state index in [2.05, 4.69) is 35.7 Å². The van der Waals surface area contributed by atoms with E-state index < -0.39 is 0 Å². The second-order valence-corrected chi connectivity index (χ2v) is 3.69. The molecule has 0 unspecified atom stereocenters. The summed E-state index contributed by atoms with van der Waals surface area (Å²) in [6.45, 7) is 0. The van der Waals surface area contributed by atoms with Gasteiger partial charge in [0.1, 0.15) is 0 Å². The van der Waals surface area contributed by atoms with Crippen molar-refractivity contribution in [3.63, 3.8) is 0 Å². The van der Waals surface area contributed by atoms with Crippen molar-refractivity contribution in [2.45, 2.75) is 0 Å². The first-order chi connectivity index (χ1) is 9.28. The van der Waals surface area contributed by atoms with Gasteiger partial charge in [-0.05, 0) is 22.4 Å². The number of nitrogens with one attached hydrogen (secondary N) is 2. The molecule has 104 valence electrons. The molecule has 0 atom stereocenters. The number of hydrogen-bond donors (Lipinski definition) is 4. The number of rotatable bonds is 3. The smallest absolute Gasteiger partial charge is 0.245 e. The van der Waals surface area contributed by atoms with Crippen LogP contribution in [0.1, 0.15) is 0 Å². The maximum Gasteiger partial charge on any atom is 0.245 e. The standard InChI is InChI=1S/C10H10N8O.ClH/c11-5-3-1-2-4-6(5)13-7-8(16-12)15-10-9(14-7)17-19-18-10;/h1-4H,11-12H2,(H,13,14,17)(H,15,16,18);1H. The Hall–Kier alpha value is -2.65. The van der Waals surface area contributed by atoms with Crippen LogP contribution in [-0.2, 0) is 0 Å². The lowest BCUT2D eigenvalue weighted by Gasteiger charge is -2.10. The summed E-state index contributed by atoms with van der Waals surface area (Å²) in [7, 11) is 0. The summed E-state index contributed by atoms with van der Waals surface area (Å²) >= 11 is 0. The van der Waals surface area contributed by atoms with Crippen molar-refractivity contribution >= 4 is 46.7 Å². The molecule has 0 bridgehead atoms. The third-order valence-electron chi connectivity index (χ3n) is 2.46. The van der Waals surface area contributed by atoms with E-state index >= 15 is 0 Å². The number of halogens is 1. The normalized spacial score (nSPS) is 10.1. The molecule has 0 aliphatic carbocycles. The number of aromatic nitrogens is 4. The highest BCUT2D eigenvalue weighted by Crippen LogP contribution is 2.26. The fourth-order valence-corrected chi connectivity index (χ4v) is 1.56. The molecule has 0 amide bonds. The van der Waals surface area contributed by atoms with Crippen molar-refractivity contribution in [3.8, 4) is 0 Å². The highest BCUT2D eigenvalue weighted by molar-refractivity contribution is 5.85. The van der Waals surface area contributed by atoms with Gasteiger partial charge >= 0.3 is 0 Å². The lowest BCUT2D eigenvalue weighted by molar-refractivity contribution is 0.314. The summed E-state index contributed by atoms with van der Waals surface area (Å²) < 4.78 is 4.55. The van der Waals surface area contributed by atoms with Crippen LogP contribution < -0.4 is 22.3 Å². The van der Waals surface area contributed by atoms with Gasteiger partial charge in [-0.25, -0.2) is 15.5 Å². The van der Waals surface area contributed by atoms with E-state index in [1.54, 1.807) is 6.07 Å². The minimum Gasteiger partial charge on any atom is -0.397 e. The van der Waals surface area contributed by atoms with Crippen LogP contribution in [0.15, 0.2) is 28.9 Å². The Morgan fingerprint density at radius 3 is 2.30 bits per heavy atom. The van der Waals surface area contributed by atoms with Crippen LogP contribution in [0.4, 0.5) is 23.0 Å². The Bertz CT molecular complexity index is 730. The third kappa shape index (κ3) is 2.39. The number of anilines is 4. The monoisotopic (exact) mass is 294 g/mol. The Morgan fingerprint density at radius 2 is 1.65 bits per heavy atom. The number of nitrogen functional groups attached to an aromatic ring is 2. The number of benzene rings is 1. The van der Waals surface area contributed by atoms with Crippen LogP contribution in [-0.4, -0.2) is 20.3 Å². The van der Waals surface area contributed by atoms with Gasteiger partial charge in [0.2, 0.25) is 11.3 Å². The lowest BCUT2D eigenvalue weighted by Crippen LogP contribution is -2.12. The van der Waals surface area contributed by atoms with Crippen LogP contribution in [0.3, 0.4) is 0 Å². The number of nitrogens with two attached hydrogens (primary N) is 2. The number of hydrogen-bond acceptors (Lipinski definition) is 9. The SMILES string of the molecule is Cl.NNc1nc2nonc2nc1Nc1ccccc1N. The van der Waals surface area contributed by atoms with Crippen molar-refractivity contribution in [1.82, 2.24) is 20.3 Å². The second kappa shape index (κ2) is 5.55. The zero-order valence-corrected chi connectivity index (χ0v) is 10.9. The molecule has 2 aromatic heterocycles. The van der Waals surface area contributed by atoms with Crippen molar-refractivity contribution in [3.05, 3.63) is 24.3 Å². The number of para-hydroxylation sites is 2. The van der Waals surface area contributed by atoms with Gasteiger partial charge in [-0.2, -0.15) is 4.98 Å². The molecule has 0 aliphatic heterocycles. The zero-order valence-electron chi connectivity index (χ0n) is 10.1. The summed E-state index contributed by atoms with van der Waals surface area (Å²) in [5.41, 5.74) is 10.1. The minimum absolute atomic E-state index is 0. The summed E-state index contributed by atoms with van der Waals surface area (Å²) in [5, 5.41) is 10.2. The largest absolute Gasteiger partial charge is 0.397 e. The Labute approximate surface area is 119 Å². The molecule has 0 spiro atoms. The van der Waals surface area contributed by atoms with E-state index in [0.717, 1.165) is 0 Å². The molecule has 2 heterocycles. The molecule has 20 heavy (non-hydrogen) atoms. The first-order valence-corrected chi connectivity index (χ1v) is 5.36. The summed E-state index contributed by atoms with van der Waals surface area (Å²) in [6.07, 6.45) is 0. The fourth-order valence-electron chi connectivity index (χ4n) is 1.56. The average molecular weight is 295 g/mol. The molecule has 10 heteroatoms. The number of fused-ring (bicyclic) bond motifs is 1. The van der Waals surface area contributed by atoms with Crippen LogP contribution in [0.5, 0.6) is 0 Å². The lowest BCUT2D eigenvalue weighted by atomic mass is 10.2. The number of nitrogens with zero attached hydrogens (tertiary/aromatic N) is 4. The van der Waals surface area contributed by atoms with Gasteiger partial charge in [0.25, 0.3) is 0 Å². The molecule has 0 saturated heterocycles. The topological polar surface area (TPSA) is 141 Å². The van der Waals surface area contributed by atoms with Gasteiger partial charge in [0, 0.05) is 0 Å². The summed E-state index contributed by atoms with van der Waals surface area (Å²) in [4.78, 5) is 8.31. The van der Waals surface area contributed by atoms with E-state index in [-0.39, 0.29) is 23.7 Å². The molecule has 0 radical (unpaired) electrons. The summed E-state index contributed by atoms with van der Waals surface area (Å²) in [5.74, 6) is 6.09. The van der Waals surface area contributed by atoms with Crippen LogP contribution >= 0.6 is 12.4 Å². The van der Waals surface area contributed by atoms with Gasteiger partial charge in [-0.1, -0.05) is 12.1 Å². The van der Waals surface area contributed by atoms with Gasteiger partial charge in [-0.3, -0.25) is 0 Å².